The Morgan fingerprint density at radius 1 is 1.46 bits per heavy atom. The van der Waals surface area contributed by atoms with Crippen LogP contribution < -0.4 is 11.1 Å². The van der Waals surface area contributed by atoms with Crippen molar-refractivity contribution in [3.05, 3.63) is 24.3 Å². The number of carbonyl (C=O) groups excluding carboxylic acids is 1. The molecular formula is C9H13N3O. The molecule has 70 valence electrons. The van der Waals surface area contributed by atoms with Crippen molar-refractivity contribution in [2.75, 3.05) is 25.1 Å². The lowest BCUT2D eigenvalue weighted by atomic mass is 10.3. The van der Waals surface area contributed by atoms with Gasteiger partial charge in [-0.2, -0.15) is 0 Å². The predicted molar refractivity (Wildman–Crippen MR) is 53.6 cm³/mol. The largest absolute Gasteiger partial charge is 0.399 e. The molecule has 1 rings (SSSR count). The van der Waals surface area contributed by atoms with Crippen LogP contribution in [0.2, 0.25) is 0 Å². The third-order valence-corrected chi connectivity index (χ3v) is 1.54. The van der Waals surface area contributed by atoms with Crippen molar-refractivity contribution in [3.63, 3.8) is 0 Å². The van der Waals surface area contributed by atoms with E-state index in [1.165, 1.54) is 4.90 Å². The zero-order chi connectivity index (χ0) is 9.84. The monoisotopic (exact) mass is 179 g/mol. The fourth-order valence-corrected chi connectivity index (χ4v) is 0.852. The number of amides is 2. The van der Waals surface area contributed by atoms with Gasteiger partial charge in [0, 0.05) is 25.5 Å². The standard InChI is InChI=1S/C9H13N3O/c1-12(2)9(13)11-8-5-3-4-7(10)6-8/h3-6H,10H2,1-2H3,(H,11,13). The number of hydrogen-bond donors (Lipinski definition) is 2. The lowest BCUT2D eigenvalue weighted by Crippen LogP contribution is -2.27. The number of nitrogens with one attached hydrogen (secondary N) is 1. The van der Waals surface area contributed by atoms with Crippen LogP contribution in [0.15, 0.2) is 24.3 Å². The van der Waals surface area contributed by atoms with Crippen LogP contribution in [-0.2, 0) is 0 Å². The molecule has 1 aromatic carbocycles. The average Bonchev–Trinajstić information content (AvgIpc) is 2.04. The number of benzene rings is 1. The molecule has 1 aromatic rings. The minimum atomic E-state index is -0.161. The number of nitrogens with two attached hydrogens (primary N) is 1. The van der Waals surface area contributed by atoms with Crippen molar-refractivity contribution in [2.24, 2.45) is 0 Å². The number of hydrogen-bond acceptors (Lipinski definition) is 2. The Morgan fingerprint density at radius 3 is 2.69 bits per heavy atom. The van der Waals surface area contributed by atoms with Crippen LogP contribution in [0.5, 0.6) is 0 Å². The third-order valence-electron chi connectivity index (χ3n) is 1.54. The van der Waals surface area contributed by atoms with E-state index in [2.05, 4.69) is 5.32 Å². The summed E-state index contributed by atoms with van der Waals surface area (Å²) in [4.78, 5) is 12.7. The topological polar surface area (TPSA) is 58.4 Å². The van der Waals surface area contributed by atoms with E-state index in [-0.39, 0.29) is 6.03 Å². The Bertz CT molecular complexity index is 309. The zero-order valence-electron chi connectivity index (χ0n) is 7.74. The van der Waals surface area contributed by atoms with E-state index >= 15 is 0 Å². The molecule has 0 saturated heterocycles. The van der Waals surface area contributed by atoms with Gasteiger partial charge < -0.3 is 16.0 Å². The van der Waals surface area contributed by atoms with Crippen molar-refractivity contribution < 1.29 is 4.79 Å². The molecule has 0 saturated carbocycles. The van der Waals surface area contributed by atoms with Gasteiger partial charge >= 0.3 is 6.03 Å². The Balaban J connectivity index is 2.69. The van der Waals surface area contributed by atoms with Gasteiger partial charge in [-0.15, -0.1) is 0 Å². The van der Waals surface area contributed by atoms with Gasteiger partial charge in [-0.3, -0.25) is 0 Å². The molecule has 3 N–H and O–H groups in total. The Hall–Kier alpha value is -1.71. The molecule has 4 heteroatoms. The van der Waals surface area contributed by atoms with Crippen molar-refractivity contribution in [1.29, 1.82) is 0 Å². The van der Waals surface area contributed by atoms with Gasteiger partial charge in [-0.1, -0.05) is 6.07 Å². The number of nitrogen functional groups attached to an aromatic ring is 1. The second-order valence-corrected chi connectivity index (χ2v) is 2.95. The highest BCUT2D eigenvalue weighted by Gasteiger charge is 2.02. The summed E-state index contributed by atoms with van der Waals surface area (Å²) in [6.07, 6.45) is 0. The first-order valence-corrected chi connectivity index (χ1v) is 3.93. The smallest absolute Gasteiger partial charge is 0.321 e. The molecule has 0 bridgehead atoms. The molecule has 0 aromatic heterocycles. The van der Waals surface area contributed by atoms with Crippen LogP contribution in [0.1, 0.15) is 0 Å². The van der Waals surface area contributed by atoms with Gasteiger partial charge in [-0.05, 0) is 18.2 Å². The normalized spacial score (nSPS) is 9.38. The second-order valence-electron chi connectivity index (χ2n) is 2.95. The molecule has 0 unspecified atom stereocenters. The number of urea groups is 1. The summed E-state index contributed by atoms with van der Waals surface area (Å²) >= 11 is 0. The molecule has 0 aliphatic heterocycles. The molecule has 4 nitrogen and oxygen atoms in total. The van der Waals surface area contributed by atoms with Gasteiger partial charge in [0.05, 0.1) is 0 Å². The fraction of sp³-hybridized carbons (Fsp3) is 0.222. The Morgan fingerprint density at radius 2 is 2.15 bits per heavy atom. The SMILES string of the molecule is CN(C)C(=O)Nc1cccc(N)c1. The molecular weight excluding hydrogens is 166 g/mol. The van der Waals surface area contributed by atoms with Crippen LogP contribution >= 0.6 is 0 Å². The van der Waals surface area contributed by atoms with E-state index in [4.69, 9.17) is 5.73 Å². The maximum absolute atomic E-state index is 11.2. The highest BCUT2D eigenvalue weighted by molar-refractivity contribution is 5.89. The van der Waals surface area contributed by atoms with Crippen LogP contribution in [0, 0.1) is 0 Å². The van der Waals surface area contributed by atoms with Crippen LogP contribution in [0.4, 0.5) is 16.2 Å². The van der Waals surface area contributed by atoms with Crippen molar-refractivity contribution >= 4 is 17.4 Å². The quantitative estimate of drug-likeness (QED) is 0.639. The van der Waals surface area contributed by atoms with Gasteiger partial charge in [-0.25, -0.2) is 4.79 Å². The molecule has 0 radical (unpaired) electrons. The minimum absolute atomic E-state index is 0.161. The van der Waals surface area contributed by atoms with E-state index < -0.39 is 0 Å². The molecule has 0 fully saturated rings. The molecule has 0 aliphatic carbocycles. The molecule has 0 heterocycles. The number of anilines is 2. The third kappa shape index (κ3) is 2.66. The predicted octanol–water partition coefficient (Wildman–Crippen LogP) is 1.36. The van der Waals surface area contributed by atoms with Crippen molar-refractivity contribution in [2.45, 2.75) is 0 Å². The second kappa shape index (κ2) is 3.80. The van der Waals surface area contributed by atoms with Gasteiger partial charge in [0.2, 0.25) is 0 Å². The number of rotatable bonds is 1. The van der Waals surface area contributed by atoms with Gasteiger partial charge in [0.15, 0.2) is 0 Å². The summed E-state index contributed by atoms with van der Waals surface area (Å²) in [6, 6.07) is 6.90. The highest BCUT2D eigenvalue weighted by atomic mass is 16.2. The molecule has 0 aliphatic rings. The fourth-order valence-electron chi connectivity index (χ4n) is 0.852. The lowest BCUT2D eigenvalue weighted by Gasteiger charge is -2.11. The maximum atomic E-state index is 11.2. The van der Waals surface area contributed by atoms with Crippen LogP contribution in [-0.4, -0.2) is 25.0 Å². The first-order chi connectivity index (χ1) is 6.09. The number of carbonyl (C=O) groups is 1. The van der Waals surface area contributed by atoms with Crippen LogP contribution in [0.25, 0.3) is 0 Å². The summed E-state index contributed by atoms with van der Waals surface area (Å²) in [7, 11) is 3.36. The van der Waals surface area contributed by atoms with E-state index in [1.807, 2.05) is 0 Å². The molecule has 0 spiro atoms. The Kier molecular flexibility index (Phi) is 2.74. The van der Waals surface area contributed by atoms with Crippen LogP contribution in [0.3, 0.4) is 0 Å². The summed E-state index contributed by atoms with van der Waals surface area (Å²) in [5, 5.41) is 2.69. The summed E-state index contributed by atoms with van der Waals surface area (Å²) in [5.41, 5.74) is 6.89. The first-order valence-electron chi connectivity index (χ1n) is 3.93. The Labute approximate surface area is 77.3 Å². The summed E-state index contributed by atoms with van der Waals surface area (Å²) in [6.45, 7) is 0. The zero-order valence-corrected chi connectivity index (χ0v) is 7.74. The number of nitrogens with zero attached hydrogens (tertiary/aromatic N) is 1. The van der Waals surface area contributed by atoms with E-state index in [0.717, 1.165) is 0 Å². The maximum Gasteiger partial charge on any atom is 0.321 e. The van der Waals surface area contributed by atoms with Gasteiger partial charge in [0.1, 0.15) is 0 Å². The van der Waals surface area contributed by atoms with E-state index in [1.54, 1.807) is 38.4 Å². The van der Waals surface area contributed by atoms with Gasteiger partial charge in [0.25, 0.3) is 0 Å². The summed E-state index contributed by atoms with van der Waals surface area (Å²) in [5.74, 6) is 0. The molecule has 2 amide bonds. The minimum Gasteiger partial charge on any atom is -0.399 e. The lowest BCUT2D eigenvalue weighted by molar-refractivity contribution is 0.230. The molecule has 13 heavy (non-hydrogen) atoms. The first kappa shape index (κ1) is 9.38. The average molecular weight is 179 g/mol. The van der Waals surface area contributed by atoms with Crippen molar-refractivity contribution in [1.82, 2.24) is 4.90 Å². The van der Waals surface area contributed by atoms with E-state index in [0.29, 0.717) is 11.4 Å². The summed E-state index contributed by atoms with van der Waals surface area (Å²) < 4.78 is 0. The van der Waals surface area contributed by atoms with Crippen molar-refractivity contribution in [3.8, 4) is 0 Å². The highest BCUT2D eigenvalue weighted by Crippen LogP contribution is 2.11. The van der Waals surface area contributed by atoms with E-state index in [9.17, 15) is 4.79 Å². The molecule has 0 atom stereocenters.